The zero-order valence-corrected chi connectivity index (χ0v) is 13.1. The van der Waals surface area contributed by atoms with Crippen molar-refractivity contribution in [2.24, 2.45) is 0 Å². The predicted octanol–water partition coefficient (Wildman–Crippen LogP) is 3.28. The maximum atomic E-state index is 11.4. The van der Waals surface area contributed by atoms with Crippen molar-refractivity contribution in [1.29, 1.82) is 0 Å². The number of benzene rings is 1. The van der Waals surface area contributed by atoms with Crippen molar-refractivity contribution in [2.45, 2.75) is 39.2 Å². The lowest BCUT2D eigenvalue weighted by Crippen LogP contribution is -2.33. The molecule has 0 heterocycles. The van der Waals surface area contributed by atoms with Gasteiger partial charge in [0.1, 0.15) is 11.4 Å². The summed E-state index contributed by atoms with van der Waals surface area (Å²) in [6, 6.07) is 6.06. The Hall–Kier alpha value is -2.31. The van der Waals surface area contributed by atoms with E-state index >= 15 is 0 Å². The lowest BCUT2D eigenvalue weighted by atomic mass is 10.2. The maximum absolute atomic E-state index is 11.4. The second kappa shape index (κ2) is 8.21. The number of hydrogen-bond donors (Lipinski definition) is 1. The van der Waals surface area contributed by atoms with Gasteiger partial charge in [0, 0.05) is 12.6 Å². The molecule has 0 bridgehead atoms. The van der Waals surface area contributed by atoms with Gasteiger partial charge < -0.3 is 14.8 Å². The Morgan fingerprint density at radius 2 is 2.05 bits per heavy atom. The van der Waals surface area contributed by atoms with Crippen LogP contribution in [0, 0.1) is 10.1 Å². The summed E-state index contributed by atoms with van der Waals surface area (Å²) in [5.41, 5.74) is -0.501. The minimum Gasteiger partial charge on any atom is -0.493 e. The average molecular weight is 310 g/mol. The first-order valence-electron chi connectivity index (χ1n) is 7.12. The molecule has 1 N–H and O–H groups in total. The van der Waals surface area contributed by atoms with Crippen LogP contribution in [-0.2, 0) is 4.74 Å². The molecule has 1 aromatic carbocycles. The largest absolute Gasteiger partial charge is 0.493 e. The molecule has 122 valence electrons. The summed E-state index contributed by atoms with van der Waals surface area (Å²) in [7, 11) is 0. The topological polar surface area (TPSA) is 90.7 Å². The minimum atomic E-state index is -0.505. The lowest BCUT2D eigenvalue weighted by Gasteiger charge is -2.19. The Morgan fingerprint density at radius 3 is 2.68 bits per heavy atom. The Labute approximate surface area is 129 Å². The zero-order valence-electron chi connectivity index (χ0n) is 13.1. The summed E-state index contributed by atoms with van der Waals surface area (Å²) in [5, 5.41) is 13.3. The number of carbonyl (C=O) groups excluding carboxylic acids is 1. The quantitative estimate of drug-likeness (QED) is 0.474. The highest BCUT2D eigenvalue weighted by Gasteiger charge is 2.15. The molecule has 0 fully saturated rings. The van der Waals surface area contributed by atoms with Crippen LogP contribution in [0.5, 0.6) is 5.75 Å². The van der Waals surface area contributed by atoms with Gasteiger partial charge >= 0.3 is 6.09 Å². The van der Waals surface area contributed by atoms with Gasteiger partial charge in [-0.3, -0.25) is 10.1 Å². The molecule has 0 aliphatic carbocycles. The van der Waals surface area contributed by atoms with Gasteiger partial charge in [0.15, 0.2) is 0 Å². The molecule has 1 rings (SSSR count). The number of nitro groups is 1. The first-order valence-corrected chi connectivity index (χ1v) is 7.12. The van der Waals surface area contributed by atoms with Gasteiger partial charge in [0.2, 0.25) is 0 Å². The number of non-ortho nitro benzene ring substituents is 1. The summed E-state index contributed by atoms with van der Waals surface area (Å²) in [5.74, 6) is 0.467. The summed E-state index contributed by atoms with van der Waals surface area (Å²) < 4.78 is 10.5. The van der Waals surface area contributed by atoms with Gasteiger partial charge in [-0.25, -0.2) is 4.79 Å². The molecule has 0 radical (unpaired) electrons. The molecule has 0 spiro atoms. The normalized spacial score (nSPS) is 10.9. The molecule has 7 heteroatoms. The standard InChI is InChI=1S/C15H22N2O5/c1-15(2,3)22-14(18)16-9-4-5-10-21-13-8-6-7-12(11-13)17(19)20/h6-8,11H,4-5,9-10H2,1-3H3,(H,16,18). The number of amides is 1. The van der Waals surface area contributed by atoms with Crippen LogP contribution >= 0.6 is 0 Å². The smallest absolute Gasteiger partial charge is 0.407 e. The van der Waals surface area contributed by atoms with Gasteiger partial charge in [-0.05, 0) is 39.7 Å². The Morgan fingerprint density at radius 1 is 1.32 bits per heavy atom. The van der Waals surface area contributed by atoms with Crippen LogP contribution in [0.2, 0.25) is 0 Å². The van der Waals surface area contributed by atoms with Crippen molar-refractivity contribution in [2.75, 3.05) is 13.2 Å². The maximum Gasteiger partial charge on any atom is 0.407 e. The van der Waals surface area contributed by atoms with Crippen LogP contribution in [-0.4, -0.2) is 29.8 Å². The van der Waals surface area contributed by atoms with Crippen LogP contribution in [0.3, 0.4) is 0 Å². The molecule has 22 heavy (non-hydrogen) atoms. The zero-order chi connectivity index (χ0) is 16.6. The molecule has 0 saturated carbocycles. The molecule has 0 saturated heterocycles. The summed E-state index contributed by atoms with van der Waals surface area (Å²) in [4.78, 5) is 21.6. The molecule has 0 aromatic heterocycles. The van der Waals surface area contributed by atoms with Crippen LogP contribution in [0.25, 0.3) is 0 Å². The van der Waals surface area contributed by atoms with Gasteiger partial charge in [-0.15, -0.1) is 0 Å². The van der Waals surface area contributed by atoms with E-state index in [1.165, 1.54) is 12.1 Å². The fourth-order valence-electron chi connectivity index (χ4n) is 1.61. The highest BCUT2D eigenvalue weighted by Crippen LogP contribution is 2.19. The molecule has 0 aliphatic rings. The summed E-state index contributed by atoms with van der Waals surface area (Å²) >= 11 is 0. The van der Waals surface area contributed by atoms with E-state index < -0.39 is 16.6 Å². The van der Waals surface area contributed by atoms with Crippen molar-refractivity contribution in [3.63, 3.8) is 0 Å². The minimum absolute atomic E-state index is 0.00379. The summed E-state index contributed by atoms with van der Waals surface area (Å²) in [6.07, 6.45) is 1.01. The fourth-order valence-corrected chi connectivity index (χ4v) is 1.61. The molecule has 0 atom stereocenters. The second-order valence-corrected chi connectivity index (χ2v) is 5.74. The van der Waals surface area contributed by atoms with Gasteiger partial charge in [-0.2, -0.15) is 0 Å². The second-order valence-electron chi connectivity index (χ2n) is 5.74. The first kappa shape index (κ1) is 17.7. The Balaban J connectivity index is 2.17. The SMILES string of the molecule is CC(C)(C)OC(=O)NCCCCOc1cccc([N+](=O)[O-])c1. The average Bonchev–Trinajstić information content (AvgIpc) is 2.41. The number of ether oxygens (including phenoxy) is 2. The molecule has 1 aromatic rings. The van der Waals surface area contributed by atoms with Crippen molar-refractivity contribution < 1.29 is 19.2 Å². The Bertz CT molecular complexity index is 511. The van der Waals surface area contributed by atoms with E-state index in [-0.39, 0.29) is 5.69 Å². The molecular formula is C15H22N2O5. The Kier molecular flexibility index (Phi) is 6.62. The third-order valence-corrected chi connectivity index (χ3v) is 2.54. The van der Waals surface area contributed by atoms with Gasteiger partial charge in [0.05, 0.1) is 17.6 Å². The number of nitro benzene ring substituents is 1. The third-order valence-electron chi connectivity index (χ3n) is 2.54. The van der Waals surface area contributed by atoms with Crippen molar-refractivity contribution in [3.8, 4) is 5.75 Å². The van der Waals surface area contributed by atoms with Crippen LogP contribution in [0.15, 0.2) is 24.3 Å². The molecule has 0 unspecified atom stereocenters. The highest BCUT2D eigenvalue weighted by atomic mass is 16.6. The van der Waals surface area contributed by atoms with E-state index in [1.54, 1.807) is 32.9 Å². The summed E-state index contributed by atoms with van der Waals surface area (Å²) in [6.45, 7) is 6.34. The van der Waals surface area contributed by atoms with Crippen LogP contribution in [0.1, 0.15) is 33.6 Å². The van der Waals surface area contributed by atoms with Gasteiger partial charge in [0.25, 0.3) is 5.69 Å². The number of unbranched alkanes of at least 4 members (excludes halogenated alkanes) is 1. The van der Waals surface area contributed by atoms with Crippen LogP contribution in [0.4, 0.5) is 10.5 Å². The number of nitrogens with zero attached hydrogens (tertiary/aromatic N) is 1. The van der Waals surface area contributed by atoms with E-state index in [0.29, 0.717) is 18.9 Å². The number of hydrogen-bond acceptors (Lipinski definition) is 5. The van der Waals surface area contributed by atoms with E-state index in [1.807, 2.05) is 0 Å². The molecule has 0 aliphatic heterocycles. The van der Waals surface area contributed by atoms with Crippen molar-refractivity contribution in [3.05, 3.63) is 34.4 Å². The van der Waals surface area contributed by atoms with E-state index in [9.17, 15) is 14.9 Å². The molecular weight excluding hydrogens is 288 g/mol. The molecule has 1 amide bonds. The highest BCUT2D eigenvalue weighted by molar-refractivity contribution is 5.67. The molecule has 7 nitrogen and oxygen atoms in total. The van der Waals surface area contributed by atoms with Crippen LogP contribution < -0.4 is 10.1 Å². The first-order chi connectivity index (χ1) is 10.3. The number of rotatable bonds is 7. The van der Waals surface area contributed by atoms with E-state index in [2.05, 4.69) is 5.32 Å². The number of carbonyl (C=O) groups is 1. The van der Waals surface area contributed by atoms with Crippen molar-refractivity contribution in [1.82, 2.24) is 5.32 Å². The van der Waals surface area contributed by atoms with Gasteiger partial charge in [-0.1, -0.05) is 6.07 Å². The number of nitrogens with one attached hydrogen (secondary N) is 1. The van der Waals surface area contributed by atoms with Crippen molar-refractivity contribution >= 4 is 11.8 Å². The van der Waals surface area contributed by atoms with E-state index in [0.717, 1.165) is 12.8 Å². The monoisotopic (exact) mass is 310 g/mol. The third kappa shape index (κ3) is 7.47. The van der Waals surface area contributed by atoms with E-state index in [4.69, 9.17) is 9.47 Å². The number of alkyl carbamates (subject to hydrolysis) is 1. The predicted molar refractivity (Wildman–Crippen MR) is 82.1 cm³/mol. The fraction of sp³-hybridized carbons (Fsp3) is 0.533. The lowest BCUT2D eigenvalue weighted by molar-refractivity contribution is -0.384.